The number of carboxylic acid groups (broad SMARTS) is 3. The van der Waals surface area contributed by atoms with Crippen LogP contribution >= 0.6 is 155 Å². The number of anilines is 5. The van der Waals surface area contributed by atoms with E-state index in [1.165, 1.54) is 110 Å². The number of fused-ring (bicyclic) bond motifs is 2. The Morgan fingerprint density at radius 3 is 1.70 bits per heavy atom. The van der Waals surface area contributed by atoms with Crippen molar-refractivity contribution in [2.45, 2.75) is 19.8 Å². The predicted molar refractivity (Wildman–Crippen MR) is 414 cm³/mol. The molecule has 10 aromatic rings. The zero-order valence-electron chi connectivity index (χ0n) is 54.2. The minimum Gasteiger partial charge on any atom is -0.478 e. The normalized spacial score (nSPS) is 10.8. The molecular formula is C67H51BrCl12N10O15. The zero-order valence-corrected chi connectivity index (χ0v) is 64.8. The average molecular weight is 1740 g/mol. The summed E-state index contributed by atoms with van der Waals surface area (Å²) in [4.78, 5) is 119. The molecule has 0 unspecified atom stereocenters. The molecule has 25 nitrogen and oxygen atoms in total. The van der Waals surface area contributed by atoms with Crippen LogP contribution in [0.15, 0.2) is 146 Å². The van der Waals surface area contributed by atoms with E-state index in [0.29, 0.717) is 74.2 Å². The van der Waals surface area contributed by atoms with E-state index in [1.807, 2.05) is 0 Å². The highest BCUT2D eigenvalue weighted by atomic mass is 79.9. The molecular weight excluding hydrogens is 1690 g/mol. The molecule has 0 bridgehead atoms. The van der Waals surface area contributed by atoms with Crippen molar-refractivity contribution in [2.75, 3.05) is 48.6 Å². The average Bonchev–Trinajstić information content (AvgIpc) is 1.24. The van der Waals surface area contributed by atoms with E-state index >= 15 is 0 Å². The van der Waals surface area contributed by atoms with Crippen molar-refractivity contribution in [3.8, 4) is 5.82 Å². The molecule has 550 valence electrons. The van der Waals surface area contributed by atoms with Gasteiger partial charge in [-0.2, -0.15) is 5.10 Å². The molecule has 4 heterocycles. The van der Waals surface area contributed by atoms with Gasteiger partial charge in [0.1, 0.15) is 10.3 Å². The molecule has 2 amide bonds. The third-order valence-corrected chi connectivity index (χ3v) is 17.1. The van der Waals surface area contributed by atoms with Gasteiger partial charge in [-0.1, -0.05) is 158 Å². The Morgan fingerprint density at radius 2 is 1.13 bits per heavy atom. The largest absolute Gasteiger partial charge is 0.478 e. The molecule has 0 saturated carbocycles. The van der Waals surface area contributed by atoms with Gasteiger partial charge in [0.05, 0.1) is 87.3 Å². The number of carboxylic acids is 3. The number of ether oxygens (including phenoxy) is 1. The lowest BCUT2D eigenvalue weighted by Gasteiger charge is -2.22. The first-order chi connectivity index (χ1) is 49.3. The first-order valence-electron chi connectivity index (χ1n) is 28.9. The number of esters is 2. The van der Waals surface area contributed by atoms with Crippen LogP contribution in [0.5, 0.6) is 0 Å². The van der Waals surface area contributed by atoms with Gasteiger partial charge in [-0.25, -0.2) is 38.4 Å². The Morgan fingerprint density at radius 1 is 0.600 bits per heavy atom. The number of benzene rings is 7. The van der Waals surface area contributed by atoms with Crippen molar-refractivity contribution in [3.63, 3.8) is 0 Å². The quantitative estimate of drug-likeness (QED) is 0.0273. The van der Waals surface area contributed by atoms with Crippen LogP contribution in [0.4, 0.5) is 28.4 Å². The molecule has 1 aliphatic rings. The van der Waals surface area contributed by atoms with E-state index in [9.17, 15) is 47.9 Å². The third-order valence-electron chi connectivity index (χ3n) is 13.6. The number of amides is 2. The maximum atomic E-state index is 13.3. The number of pyridine rings is 1. The van der Waals surface area contributed by atoms with Crippen molar-refractivity contribution in [2.24, 2.45) is 7.05 Å². The molecule has 0 fully saturated rings. The van der Waals surface area contributed by atoms with Crippen molar-refractivity contribution >= 4 is 242 Å². The maximum Gasteiger partial charge on any atom is 0.422 e. The number of nitrogens with zero attached hydrogens (tertiary/aromatic N) is 5. The number of nitrogens with one attached hydrogen (secondary N) is 2. The fourth-order valence-corrected chi connectivity index (χ4v) is 12.4. The Labute approximate surface area is 663 Å². The highest BCUT2D eigenvalue weighted by molar-refractivity contribution is 9.10. The Bertz CT molecular complexity index is 5180. The summed E-state index contributed by atoms with van der Waals surface area (Å²) in [5, 5.41) is 39.2. The molecule has 1 aliphatic heterocycles. The smallest absolute Gasteiger partial charge is 0.422 e. The van der Waals surface area contributed by atoms with E-state index < -0.39 is 53.0 Å². The van der Waals surface area contributed by atoms with Crippen LogP contribution < -0.4 is 44.1 Å². The number of halogens is 13. The Kier molecular flexibility index (Phi) is 32.6. The predicted octanol–water partition coefficient (Wildman–Crippen LogP) is 17.1. The standard InChI is InChI=1S/C18H13BrCl3N5O2.C10H11Cl2NO.C9H5Cl2NO3.C9H4Cl2O3.C7H5Cl2NO2.C7H6ClNO2.C7H7NO2/c1-23-17(28)10-6-9(20)7-12(22)15(10)26(2)18(29)13-8-14(19)25-27(13)16-11(21)4-3-5-24-16;1-3-9(14)7-4-6(11)5-8(12)10(7)13-2;1-12-7-5(8(13)15-9(12)14)2-4(10)3-6(7)11;10-4-1-6-5(7(11)2-4)3-8(12)14-9(6)13;8-3-1-4(7(11)12)6(10)5(9)2-3;8-4-1-2-6(9)5(3-4)7(10)11;8-6-4-2-1-3-5(6)7(9)10/h3-8H,1-2H3,(H,23,28);4-5,13H,3H2,1-2H3;2-3H,1H3;1-2H,3H2;1-2H,10H2,(H,11,12);1-3H,9H2,(H,10,11);1-4H,8H2,(H,9,10). The molecule has 3 aromatic heterocycles. The van der Waals surface area contributed by atoms with Crippen molar-refractivity contribution in [1.29, 1.82) is 0 Å². The van der Waals surface area contributed by atoms with Gasteiger partial charge in [0.25, 0.3) is 11.8 Å². The summed E-state index contributed by atoms with van der Waals surface area (Å²) >= 11 is 73.5. The fourth-order valence-electron chi connectivity index (χ4n) is 8.75. The second kappa shape index (κ2) is 39.5. The van der Waals surface area contributed by atoms with Crippen LogP contribution in [0.3, 0.4) is 0 Å². The van der Waals surface area contributed by atoms with E-state index in [-0.39, 0.29) is 99.1 Å². The number of carbonyl (C=O) groups is 8. The molecule has 0 atom stereocenters. The lowest BCUT2D eigenvalue weighted by Crippen LogP contribution is -2.31. The summed E-state index contributed by atoms with van der Waals surface area (Å²) in [6.45, 7) is 1.80. The van der Waals surface area contributed by atoms with E-state index in [1.54, 1.807) is 62.5 Å². The number of rotatable bonds is 10. The maximum absolute atomic E-state index is 13.3. The summed E-state index contributed by atoms with van der Waals surface area (Å²) in [6.07, 6.45) is 1.98. The van der Waals surface area contributed by atoms with E-state index in [2.05, 4.69) is 45.8 Å². The van der Waals surface area contributed by atoms with Gasteiger partial charge in [0.2, 0.25) is 0 Å². The van der Waals surface area contributed by atoms with Gasteiger partial charge in [-0.15, -0.1) is 0 Å². The number of hydrogen-bond donors (Lipinski definition) is 8. The topological polar surface area (TPSA) is 395 Å². The monoisotopic (exact) mass is 1730 g/mol. The SMILES string of the molecule is CCC(=O)c1cc(Cl)cc(Cl)c1NC.CNC(=O)c1cc(Cl)cc(Cl)c1N(C)C(=O)c1cc(Br)nn1-c1ncccc1Cl.Cn1c(=O)oc(=O)c2cc(Cl)cc(Cl)c21.Nc1c(Cl)cc(Cl)cc1C(=O)O.Nc1ccc(Cl)cc1C(=O)O.Nc1ccccc1C(=O)O.O=C1Cc2c(Cl)cc(Cl)cc2C(=O)O1. The van der Waals surface area contributed by atoms with Gasteiger partial charge in [-0.3, -0.25) is 23.7 Å². The van der Waals surface area contributed by atoms with Crippen molar-refractivity contribution < 1.29 is 62.8 Å². The number of ketones is 1. The summed E-state index contributed by atoms with van der Waals surface area (Å²) in [6, 6.07) is 30.1. The van der Waals surface area contributed by atoms with E-state index in [0.717, 1.165) is 4.57 Å². The number of hydrogen-bond acceptors (Lipinski definition) is 18. The summed E-state index contributed by atoms with van der Waals surface area (Å²) in [7, 11) is 6.15. The number of nitrogen functional groups attached to an aromatic ring is 3. The molecule has 0 spiro atoms. The lowest BCUT2D eigenvalue weighted by molar-refractivity contribution is -0.137. The molecule has 38 heteroatoms. The Hall–Kier alpha value is -8.84. The summed E-state index contributed by atoms with van der Waals surface area (Å²) in [5.74, 6) is -5.85. The second-order valence-corrected chi connectivity index (χ2v) is 26.4. The van der Waals surface area contributed by atoms with Crippen LogP contribution in [-0.4, -0.2) is 103 Å². The number of nitrogens with two attached hydrogens (primary N) is 3. The van der Waals surface area contributed by atoms with Gasteiger partial charge in [-0.05, 0) is 125 Å². The lowest BCUT2D eigenvalue weighted by atomic mass is 10.0. The van der Waals surface area contributed by atoms with Crippen molar-refractivity contribution in [3.05, 3.63) is 258 Å². The van der Waals surface area contributed by atoms with Gasteiger partial charge in [0.15, 0.2) is 11.6 Å². The number of para-hydroxylation sites is 1. The second-order valence-electron chi connectivity index (χ2n) is 20.6. The highest BCUT2D eigenvalue weighted by Gasteiger charge is 2.29. The van der Waals surface area contributed by atoms with E-state index in [4.69, 9.17) is 172 Å². The van der Waals surface area contributed by atoms with Crippen LogP contribution in [-0.2, 0) is 23.0 Å². The number of aryl methyl sites for hydroxylation is 1. The third kappa shape index (κ3) is 23.3. The number of aromatic nitrogens is 4. The minimum atomic E-state index is -1.14. The molecule has 7 aromatic carbocycles. The minimum absolute atomic E-state index is 0.0110. The van der Waals surface area contributed by atoms with Crippen molar-refractivity contribution in [1.82, 2.24) is 24.6 Å². The molecule has 0 saturated heterocycles. The fraction of sp³-hybridized carbons (Fsp3) is 0.104. The zero-order chi connectivity index (χ0) is 78.8. The Balaban J connectivity index is 0.000000228. The van der Waals surface area contributed by atoms with Crippen LogP contribution in [0.1, 0.15) is 91.5 Å². The first-order valence-corrected chi connectivity index (χ1v) is 34.2. The summed E-state index contributed by atoms with van der Waals surface area (Å²) in [5.41, 5.74) is 18.8. The molecule has 105 heavy (non-hydrogen) atoms. The van der Waals surface area contributed by atoms with Crippen LogP contribution in [0.25, 0.3) is 16.7 Å². The molecule has 0 aliphatic carbocycles. The van der Waals surface area contributed by atoms with Gasteiger partial charge < -0.3 is 57.2 Å². The summed E-state index contributed by atoms with van der Waals surface area (Å²) < 4.78 is 11.8. The van der Waals surface area contributed by atoms with Gasteiger partial charge >= 0.3 is 41.2 Å². The van der Waals surface area contributed by atoms with Gasteiger partial charge in [0, 0.05) is 99.0 Å². The highest BCUT2D eigenvalue weighted by Crippen LogP contribution is 2.36. The number of cyclic esters (lactones) is 2. The molecule has 0 radical (unpaired) electrons. The molecule has 11 N–H and O–H groups in total. The number of aromatic carboxylic acids is 3. The molecule has 11 rings (SSSR count). The first kappa shape index (κ1) is 86.8. The number of Topliss-reactive ketones (excluding diaryl/α,β-unsaturated/α-hetero) is 1. The number of carbonyl (C=O) groups excluding carboxylic acids is 5. The van der Waals surface area contributed by atoms with Crippen LogP contribution in [0, 0.1) is 0 Å². The van der Waals surface area contributed by atoms with Crippen LogP contribution in [0.2, 0.25) is 60.3 Å².